The van der Waals surface area contributed by atoms with Crippen LogP contribution in [0.5, 0.6) is 0 Å². The molecular weight excluding hydrogens is 290 g/mol. The van der Waals surface area contributed by atoms with Crippen LogP contribution in [-0.2, 0) is 4.79 Å². The van der Waals surface area contributed by atoms with E-state index in [2.05, 4.69) is 31.7 Å². The maximum Gasteiger partial charge on any atom is 0.230 e. The average molecular weight is 313 g/mol. The number of hydrogen-bond acceptors (Lipinski definition) is 4. The molecule has 0 aromatic carbocycles. The number of carbonyl (C=O) groups is 1. The number of aromatic nitrogens is 3. The number of amides is 1. The SMILES string of the molecule is CCCN1CCCC2(CCN(c3ncnc4[nH]ccc34)C2)C1=O. The van der Waals surface area contributed by atoms with Gasteiger partial charge in [0.25, 0.3) is 0 Å². The molecule has 122 valence electrons. The Morgan fingerprint density at radius 2 is 2.22 bits per heavy atom. The van der Waals surface area contributed by atoms with Gasteiger partial charge in [0, 0.05) is 32.4 Å². The van der Waals surface area contributed by atoms with E-state index >= 15 is 0 Å². The van der Waals surface area contributed by atoms with Crippen LogP contribution in [0.1, 0.15) is 32.6 Å². The van der Waals surface area contributed by atoms with Crippen molar-refractivity contribution in [3.05, 3.63) is 18.6 Å². The minimum Gasteiger partial charge on any atom is -0.355 e. The number of aromatic amines is 1. The molecule has 0 aliphatic carbocycles. The van der Waals surface area contributed by atoms with Crippen molar-refractivity contribution in [3.8, 4) is 0 Å². The Balaban J connectivity index is 1.61. The number of likely N-dealkylation sites (tertiary alicyclic amines) is 1. The Hall–Kier alpha value is -2.11. The number of anilines is 1. The Bertz CT molecular complexity index is 725. The lowest BCUT2D eigenvalue weighted by atomic mass is 9.78. The van der Waals surface area contributed by atoms with Gasteiger partial charge in [-0.2, -0.15) is 0 Å². The number of hydrogen-bond donors (Lipinski definition) is 1. The van der Waals surface area contributed by atoms with Crippen molar-refractivity contribution in [1.82, 2.24) is 19.9 Å². The van der Waals surface area contributed by atoms with Crippen molar-refractivity contribution in [2.45, 2.75) is 32.6 Å². The fourth-order valence-corrected chi connectivity index (χ4v) is 4.18. The van der Waals surface area contributed by atoms with Gasteiger partial charge in [0.2, 0.25) is 5.91 Å². The van der Waals surface area contributed by atoms with E-state index in [9.17, 15) is 4.79 Å². The fraction of sp³-hybridized carbons (Fsp3) is 0.588. The van der Waals surface area contributed by atoms with Crippen molar-refractivity contribution in [1.29, 1.82) is 0 Å². The van der Waals surface area contributed by atoms with Crippen molar-refractivity contribution in [2.24, 2.45) is 5.41 Å². The zero-order valence-electron chi connectivity index (χ0n) is 13.6. The van der Waals surface area contributed by atoms with Crippen LogP contribution in [-0.4, -0.2) is 51.9 Å². The maximum atomic E-state index is 13.0. The first kappa shape index (κ1) is 14.5. The molecule has 6 heteroatoms. The van der Waals surface area contributed by atoms with Gasteiger partial charge in [0.05, 0.1) is 10.8 Å². The summed E-state index contributed by atoms with van der Waals surface area (Å²) < 4.78 is 0. The summed E-state index contributed by atoms with van der Waals surface area (Å²) in [6.45, 7) is 5.62. The van der Waals surface area contributed by atoms with Gasteiger partial charge < -0.3 is 14.8 Å². The molecule has 0 saturated carbocycles. The predicted octanol–water partition coefficient (Wildman–Crippen LogP) is 2.19. The van der Waals surface area contributed by atoms with E-state index in [1.165, 1.54) is 0 Å². The molecule has 2 aliphatic heterocycles. The van der Waals surface area contributed by atoms with Crippen LogP contribution in [0.4, 0.5) is 5.82 Å². The van der Waals surface area contributed by atoms with E-state index in [1.54, 1.807) is 6.33 Å². The molecule has 6 nitrogen and oxygen atoms in total. The van der Waals surface area contributed by atoms with Crippen LogP contribution >= 0.6 is 0 Å². The highest BCUT2D eigenvalue weighted by Crippen LogP contribution is 2.42. The fourth-order valence-electron chi connectivity index (χ4n) is 4.18. The number of carbonyl (C=O) groups excluding carboxylic acids is 1. The van der Waals surface area contributed by atoms with E-state index in [0.717, 1.165) is 68.7 Å². The second-order valence-corrected chi connectivity index (χ2v) is 6.78. The second kappa shape index (κ2) is 5.51. The van der Waals surface area contributed by atoms with E-state index in [0.29, 0.717) is 5.91 Å². The summed E-state index contributed by atoms with van der Waals surface area (Å²) in [4.78, 5) is 29.2. The van der Waals surface area contributed by atoms with Crippen molar-refractivity contribution in [3.63, 3.8) is 0 Å². The zero-order chi connectivity index (χ0) is 15.9. The standard InChI is InChI=1S/C17H23N5O/c1-2-8-21-9-3-5-17(16(21)23)6-10-22(11-17)15-13-4-7-18-14(13)19-12-20-15/h4,7,12H,2-3,5-6,8-11H2,1H3,(H,18,19,20). The lowest BCUT2D eigenvalue weighted by Crippen LogP contribution is -2.50. The molecule has 2 aromatic heterocycles. The van der Waals surface area contributed by atoms with E-state index in [4.69, 9.17) is 0 Å². The Kier molecular flexibility index (Phi) is 3.47. The summed E-state index contributed by atoms with van der Waals surface area (Å²) in [7, 11) is 0. The normalized spacial score (nSPS) is 25.0. The Morgan fingerprint density at radius 1 is 1.30 bits per heavy atom. The third-order valence-corrected chi connectivity index (χ3v) is 5.30. The smallest absolute Gasteiger partial charge is 0.230 e. The molecule has 4 heterocycles. The quantitative estimate of drug-likeness (QED) is 0.943. The van der Waals surface area contributed by atoms with Crippen molar-refractivity contribution in [2.75, 3.05) is 31.1 Å². The number of rotatable bonds is 3. The van der Waals surface area contributed by atoms with Gasteiger partial charge in [-0.15, -0.1) is 0 Å². The highest BCUT2D eigenvalue weighted by molar-refractivity contribution is 5.89. The van der Waals surface area contributed by atoms with Crippen LogP contribution in [0.25, 0.3) is 11.0 Å². The molecule has 0 radical (unpaired) electrons. The Labute approximate surface area is 135 Å². The minimum atomic E-state index is -0.207. The van der Waals surface area contributed by atoms with Crippen LogP contribution in [0, 0.1) is 5.41 Å². The maximum absolute atomic E-state index is 13.0. The van der Waals surface area contributed by atoms with Crippen LogP contribution < -0.4 is 4.90 Å². The Morgan fingerprint density at radius 3 is 3.09 bits per heavy atom. The molecule has 1 N–H and O–H groups in total. The second-order valence-electron chi connectivity index (χ2n) is 6.78. The minimum absolute atomic E-state index is 0.207. The molecule has 1 atom stereocenters. The van der Waals surface area contributed by atoms with Gasteiger partial charge in [0.15, 0.2) is 0 Å². The molecule has 4 rings (SSSR count). The molecule has 2 fully saturated rings. The number of nitrogens with one attached hydrogen (secondary N) is 1. The first-order chi connectivity index (χ1) is 11.2. The molecule has 2 aromatic rings. The monoisotopic (exact) mass is 313 g/mol. The highest BCUT2D eigenvalue weighted by atomic mass is 16.2. The largest absolute Gasteiger partial charge is 0.355 e. The van der Waals surface area contributed by atoms with Crippen molar-refractivity contribution >= 4 is 22.8 Å². The van der Waals surface area contributed by atoms with Gasteiger partial charge in [-0.05, 0) is 31.7 Å². The molecule has 2 saturated heterocycles. The lowest BCUT2D eigenvalue weighted by molar-refractivity contribution is -0.145. The number of nitrogens with zero attached hydrogens (tertiary/aromatic N) is 4. The third kappa shape index (κ3) is 2.28. The summed E-state index contributed by atoms with van der Waals surface area (Å²) in [6, 6.07) is 2.02. The topological polar surface area (TPSA) is 65.1 Å². The molecule has 1 spiro atoms. The highest BCUT2D eigenvalue weighted by Gasteiger charge is 2.48. The van der Waals surface area contributed by atoms with E-state index in [1.807, 2.05) is 12.3 Å². The van der Waals surface area contributed by atoms with Gasteiger partial charge in [0.1, 0.15) is 17.8 Å². The van der Waals surface area contributed by atoms with E-state index in [-0.39, 0.29) is 5.41 Å². The number of H-pyrrole nitrogens is 1. The number of piperidine rings is 1. The van der Waals surface area contributed by atoms with Crippen LogP contribution in [0.3, 0.4) is 0 Å². The summed E-state index contributed by atoms with van der Waals surface area (Å²) in [5, 5.41) is 1.04. The van der Waals surface area contributed by atoms with Crippen LogP contribution in [0.15, 0.2) is 18.6 Å². The predicted molar refractivity (Wildman–Crippen MR) is 89.3 cm³/mol. The van der Waals surface area contributed by atoms with Crippen molar-refractivity contribution < 1.29 is 4.79 Å². The first-order valence-corrected chi connectivity index (χ1v) is 8.56. The molecule has 2 aliphatic rings. The van der Waals surface area contributed by atoms with Gasteiger partial charge in [-0.3, -0.25) is 4.79 Å². The van der Waals surface area contributed by atoms with Gasteiger partial charge in [-0.1, -0.05) is 6.92 Å². The lowest BCUT2D eigenvalue weighted by Gasteiger charge is -2.39. The van der Waals surface area contributed by atoms with Gasteiger partial charge >= 0.3 is 0 Å². The first-order valence-electron chi connectivity index (χ1n) is 8.56. The zero-order valence-corrected chi connectivity index (χ0v) is 13.6. The molecule has 1 amide bonds. The number of fused-ring (bicyclic) bond motifs is 1. The van der Waals surface area contributed by atoms with Crippen LogP contribution in [0.2, 0.25) is 0 Å². The summed E-state index contributed by atoms with van der Waals surface area (Å²) in [5.41, 5.74) is 0.652. The third-order valence-electron chi connectivity index (χ3n) is 5.30. The summed E-state index contributed by atoms with van der Waals surface area (Å²) in [5.74, 6) is 1.31. The average Bonchev–Trinajstić information content (AvgIpc) is 3.19. The molecular formula is C17H23N5O. The van der Waals surface area contributed by atoms with Gasteiger partial charge in [-0.25, -0.2) is 9.97 Å². The summed E-state index contributed by atoms with van der Waals surface area (Å²) in [6.07, 6.45) is 7.57. The molecule has 23 heavy (non-hydrogen) atoms. The molecule has 1 unspecified atom stereocenters. The summed E-state index contributed by atoms with van der Waals surface area (Å²) >= 11 is 0. The van der Waals surface area contributed by atoms with E-state index < -0.39 is 0 Å². The molecule has 0 bridgehead atoms.